The predicted molar refractivity (Wildman–Crippen MR) is 104 cm³/mol. The van der Waals surface area contributed by atoms with Gasteiger partial charge >= 0.3 is 0 Å². The van der Waals surface area contributed by atoms with E-state index >= 15 is 0 Å². The molecule has 2 aromatic rings. The molecule has 0 aliphatic carbocycles. The molecule has 2 aromatic carbocycles. The lowest BCUT2D eigenvalue weighted by molar-refractivity contribution is 0.0784. The summed E-state index contributed by atoms with van der Waals surface area (Å²) in [6.45, 7) is 3.28. The van der Waals surface area contributed by atoms with Gasteiger partial charge in [-0.05, 0) is 44.2 Å². The van der Waals surface area contributed by atoms with Crippen LogP contribution in [0.2, 0.25) is 10.0 Å². The molecule has 9 heteroatoms. The molecule has 0 aliphatic rings. The van der Waals surface area contributed by atoms with Crippen LogP contribution in [-0.4, -0.2) is 32.3 Å². The molecule has 5 nitrogen and oxygen atoms in total. The van der Waals surface area contributed by atoms with E-state index in [1.165, 1.54) is 48.3 Å². The van der Waals surface area contributed by atoms with Crippen LogP contribution in [0.3, 0.4) is 0 Å². The van der Waals surface area contributed by atoms with Gasteiger partial charge < -0.3 is 4.90 Å². The third-order valence-corrected chi connectivity index (χ3v) is 6.01. The first-order chi connectivity index (χ1) is 12.5. The SMILES string of the molecule is CC(C)NS(=O)(=O)c1ccc(Cl)c(C(=O)N(C)Cc2c(F)cccc2Cl)c1. The van der Waals surface area contributed by atoms with Crippen LogP contribution in [0.1, 0.15) is 29.8 Å². The van der Waals surface area contributed by atoms with Crippen molar-refractivity contribution < 1.29 is 17.6 Å². The fourth-order valence-electron chi connectivity index (χ4n) is 2.41. The van der Waals surface area contributed by atoms with Gasteiger partial charge in [0.2, 0.25) is 10.0 Å². The minimum atomic E-state index is -3.79. The van der Waals surface area contributed by atoms with Gasteiger partial charge in [0.15, 0.2) is 0 Å². The maximum Gasteiger partial charge on any atom is 0.255 e. The second-order valence-corrected chi connectivity index (χ2v) is 8.81. The fraction of sp³-hybridized carbons (Fsp3) is 0.278. The molecule has 0 bridgehead atoms. The Morgan fingerprint density at radius 1 is 1.19 bits per heavy atom. The number of rotatable bonds is 6. The lowest BCUT2D eigenvalue weighted by Gasteiger charge is -2.20. The van der Waals surface area contributed by atoms with Gasteiger partial charge in [-0.3, -0.25) is 4.79 Å². The van der Waals surface area contributed by atoms with Crippen LogP contribution < -0.4 is 4.72 Å². The third kappa shape index (κ3) is 5.19. The number of hydrogen-bond donors (Lipinski definition) is 1. The number of benzene rings is 2. The molecule has 146 valence electrons. The third-order valence-electron chi connectivity index (χ3n) is 3.67. The number of nitrogens with one attached hydrogen (secondary N) is 1. The van der Waals surface area contributed by atoms with Crippen molar-refractivity contribution in [1.29, 1.82) is 0 Å². The number of halogens is 3. The summed E-state index contributed by atoms with van der Waals surface area (Å²) >= 11 is 12.1. The fourth-order valence-corrected chi connectivity index (χ4v) is 4.11. The van der Waals surface area contributed by atoms with Crippen molar-refractivity contribution in [3.8, 4) is 0 Å². The number of hydrogen-bond acceptors (Lipinski definition) is 3. The molecule has 0 atom stereocenters. The lowest BCUT2D eigenvalue weighted by atomic mass is 10.1. The van der Waals surface area contributed by atoms with Gasteiger partial charge in [-0.1, -0.05) is 29.3 Å². The predicted octanol–water partition coefficient (Wildman–Crippen LogP) is 4.09. The summed E-state index contributed by atoms with van der Waals surface area (Å²) in [7, 11) is -2.34. The average Bonchev–Trinajstić information content (AvgIpc) is 2.56. The van der Waals surface area contributed by atoms with Gasteiger partial charge in [-0.15, -0.1) is 0 Å². The molecule has 0 saturated carbocycles. The van der Waals surface area contributed by atoms with E-state index in [1.54, 1.807) is 13.8 Å². The first kappa shape index (κ1) is 21.6. The van der Waals surface area contributed by atoms with E-state index in [4.69, 9.17) is 23.2 Å². The minimum Gasteiger partial charge on any atom is -0.337 e. The molecule has 0 heterocycles. The van der Waals surface area contributed by atoms with Crippen molar-refractivity contribution >= 4 is 39.1 Å². The van der Waals surface area contributed by atoms with Crippen molar-refractivity contribution in [2.45, 2.75) is 31.3 Å². The van der Waals surface area contributed by atoms with Crippen LogP contribution >= 0.6 is 23.2 Å². The summed E-state index contributed by atoms with van der Waals surface area (Å²) in [6.07, 6.45) is 0. The zero-order chi connectivity index (χ0) is 20.4. The quantitative estimate of drug-likeness (QED) is 0.747. The van der Waals surface area contributed by atoms with Crippen LogP contribution in [0, 0.1) is 5.82 Å². The summed E-state index contributed by atoms with van der Waals surface area (Å²) in [4.78, 5) is 13.9. The maximum atomic E-state index is 14.0. The summed E-state index contributed by atoms with van der Waals surface area (Å²) in [5.74, 6) is -1.09. The smallest absolute Gasteiger partial charge is 0.255 e. The molecular weight excluding hydrogens is 414 g/mol. The van der Waals surface area contributed by atoms with Crippen molar-refractivity contribution in [2.75, 3.05) is 7.05 Å². The zero-order valence-corrected chi connectivity index (χ0v) is 17.3. The molecule has 27 heavy (non-hydrogen) atoms. The van der Waals surface area contributed by atoms with Gasteiger partial charge in [0, 0.05) is 30.2 Å². The Morgan fingerprint density at radius 3 is 2.44 bits per heavy atom. The number of amides is 1. The first-order valence-electron chi connectivity index (χ1n) is 8.03. The molecule has 2 rings (SSSR count). The van der Waals surface area contributed by atoms with E-state index in [0.29, 0.717) is 0 Å². The molecule has 0 aliphatic heterocycles. The Labute approximate surface area is 168 Å². The van der Waals surface area contributed by atoms with Crippen LogP contribution in [0.4, 0.5) is 4.39 Å². The zero-order valence-electron chi connectivity index (χ0n) is 15.0. The van der Waals surface area contributed by atoms with Crippen LogP contribution in [0.15, 0.2) is 41.3 Å². The molecule has 0 unspecified atom stereocenters. The monoisotopic (exact) mass is 432 g/mol. The number of nitrogens with zero attached hydrogens (tertiary/aromatic N) is 1. The molecule has 0 radical (unpaired) electrons. The number of carbonyl (C=O) groups is 1. The molecule has 1 N–H and O–H groups in total. The summed E-state index contributed by atoms with van der Waals surface area (Å²) in [6, 6.07) is 7.79. The normalized spacial score (nSPS) is 11.7. The van der Waals surface area contributed by atoms with Gasteiger partial charge in [-0.2, -0.15) is 0 Å². The number of sulfonamides is 1. The topological polar surface area (TPSA) is 66.5 Å². The van der Waals surface area contributed by atoms with Crippen molar-refractivity contribution in [2.24, 2.45) is 0 Å². The van der Waals surface area contributed by atoms with Gasteiger partial charge in [0.05, 0.1) is 15.5 Å². The highest BCUT2D eigenvalue weighted by atomic mass is 35.5. The van der Waals surface area contributed by atoms with Gasteiger partial charge in [-0.25, -0.2) is 17.5 Å². The highest BCUT2D eigenvalue weighted by Crippen LogP contribution is 2.25. The maximum absolute atomic E-state index is 14.0. The minimum absolute atomic E-state index is 0.00161. The van der Waals surface area contributed by atoms with Crippen LogP contribution in [0.25, 0.3) is 0 Å². The lowest BCUT2D eigenvalue weighted by Crippen LogP contribution is -2.31. The number of carbonyl (C=O) groups excluding carboxylic acids is 1. The molecule has 1 amide bonds. The second-order valence-electron chi connectivity index (χ2n) is 6.28. The summed E-state index contributed by atoms with van der Waals surface area (Å²) < 4.78 is 41.1. The highest BCUT2D eigenvalue weighted by molar-refractivity contribution is 7.89. The van der Waals surface area contributed by atoms with E-state index < -0.39 is 21.7 Å². The molecule has 0 aromatic heterocycles. The Morgan fingerprint density at radius 2 is 1.85 bits per heavy atom. The van der Waals surface area contributed by atoms with Gasteiger partial charge in [0.25, 0.3) is 5.91 Å². The largest absolute Gasteiger partial charge is 0.337 e. The average molecular weight is 433 g/mol. The molecular formula is C18H19Cl2FN2O3S. The van der Waals surface area contributed by atoms with E-state index in [0.717, 1.165) is 0 Å². The highest BCUT2D eigenvalue weighted by Gasteiger charge is 2.22. The Kier molecular flexibility index (Phi) is 6.86. The first-order valence-corrected chi connectivity index (χ1v) is 10.3. The van der Waals surface area contributed by atoms with Crippen molar-refractivity contribution in [3.63, 3.8) is 0 Å². The summed E-state index contributed by atoms with van der Waals surface area (Å²) in [5.41, 5.74) is 0.162. The van der Waals surface area contributed by atoms with E-state index in [9.17, 15) is 17.6 Å². The molecule has 0 spiro atoms. The Balaban J connectivity index is 2.34. The Hall–Kier alpha value is -1.67. The van der Waals surface area contributed by atoms with E-state index in [2.05, 4.69) is 4.72 Å². The molecule has 0 fully saturated rings. The van der Waals surface area contributed by atoms with E-state index in [1.807, 2.05) is 0 Å². The Bertz CT molecular complexity index is 945. The van der Waals surface area contributed by atoms with Crippen LogP contribution in [0.5, 0.6) is 0 Å². The standard InChI is InChI=1S/C18H19Cl2FN2O3S/c1-11(2)22-27(25,26)12-7-8-16(20)13(9-12)18(24)23(3)10-14-15(19)5-4-6-17(14)21/h4-9,11,22H,10H2,1-3H3. The van der Waals surface area contributed by atoms with Gasteiger partial charge in [0.1, 0.15) is 5.82 Å². The summed E-state index contributed by atoms with van der Waals surface area (Å²) in [5, 5.41) is 0.285. The second kappa shape index (κ2) is 8.56. The molecule has 0 saturated heterocycles. The van der Waals surface area contributed by atoms with Crippen molar-refractivity contribution in [1.82, 2.24) is 9.62 Å². The van der Waals surface area contributed by atoms with Crippen molar-refractivity contribution in [3.05, 3.63) is 63.4 Å². The van der Waals surface area contributed by atoms with E-state index in [-0.39, 0.29) is 38.7 Å². The van der Waals surface area contributed by atoms with Crippen LogP contribution in [-0.2, 0) is 16.6 Å².